The van der Waals surface area contributed by atoms with E-state index in [4.69, 9.17) is 5.73 Å². The topological polar surface area (TPSA) is 75.4 Å². The molecule has 1 saturated heterocycles. The van der Waals surface area contributed by atoms with Gasteiger partial charge in [0.15, 0.2) is 0 Å². The van der Waals surface area contributed by atoms with Crippen LogP contribution < -0.4 is 11.1 Å². The van der Waals surface area contributed by atoms with Gasteiger partial charge in [0.1, 0.15) is 5.82 Å². The number of halogens is 1. The number of amides is 2. The first kappa shape index (κ1) is 16.2. The maximum Gasteiger partial charge on any atom is 0.244 e. The summed E-state index contributed by atoms with van der Waals surface area (Å²) in [5, 5.41) is 2.92. The predicted molar refractivity (Wildman–Crippen MR) is 82.2 cm³/mol. The number of nitrogens with two attached hydrogens (primary N) is 1. The van der Waals surface area contributed by atoms with E-state index in [1.165, 1.54) is 18.2 Å². The lowest BCUT2D eigenvalue weighted by Gasteiger charge is -2.31. The highest BCUT2D eigenvalue weighted by Crippen LogP contribution is 2.10. The van der Waals surface area contributed by atoms with Crippen molar-refractivity contribution in [2.24, 2.45) is 5.73 Å². The molecule has 6 heteroatoms. The molecule has 1 heterocycles. The van der Waals surface area contributed by atoms with Crippen molar-refractivity contribution < 1.29 is 14.0 Å². The first-order valence-corrected chi connectivity index (χ1v) is 7.28. The van der Waals surface area contributed by atoms with Crippen molar-refractivity contribution in [2.45, 2.75) is 18.9 Å². The summed E-state index contributed by atoms with van der Waals surface area (Å²) in [7, 11) is 0. The van der Waals surface area contributed by atoms with Crippen molar-refractivity contribution >= 4 is 17.9 Å². The third-order valence-corrected chi connectivity index (χ3v) is 3.59. The SMILES string of the molecule is NC(=O)CN1CCC(NC(=O)C=Cc2cccc(F)c2)CC1. The second kappa shape index (κ2) is 7.70. The minimum atomic E-state index is -0.333. The van der Waals surface area contributed by atoms with E-state index in [1.807, 2.05) is 4.90 Å². The van der Waals surface area contributed by atoms with Gasteiger partial charge in [-0.15, -0.1) is 0 Å². The Labute approximate surface area is 129 Å². The van der Waals surface area contributed by atoms with Crippen LogP contribution in [0.2, 0.25) is 0 Å². The van der Waals surface area contributed by atoms with E-state index < -0.39 is 0 Å². The second-order valence-electron chi connectivity index (χ2n) is 5.41. The first-order chi connectivity index (χ1) is 10.5. The molecule has 22 heavy (non-hydrogen) atoms. The van der Waals surface area contributed by atoms with Crippen LogP contribution in [0.3, 0.4) is 0 Å². The van der Waals surface area contributed by atoms with E-state index in [1.54, 1.807) is 18.2 Å². The number of nitrogens with zero attached hydrogens (tertiary/aromatic N) is 1. The molecular formula is C16H20FN3O2. The fourth-order valence-electron chi connectivity index (χ4n) is 2.49. The molecular weight excluding hydrogens is 285 g/mol. The third kappa shape index (κ3) is 5.29. The van der Waals surface area contributed by atoms with Crippen LogP contribution in [-0.4, -0.2) is 42.4 Å². The van der Waals surface area contributed by atoms with Crippen LogP contribution in [0.5, 0.6) is 0 Å². The monoisotopic (exact) mass is 305 g/mol. The summed E-state index contributed by atoms with van der Waals surface area (Å²) in [4.78, 5) is 24.7. The van der Waals surface area contributed by atoms with Crippen molar-refractivity contribution in [3.63, 3.8) is 0 Å². The van der Waals surface area contributed by atoms with E-state index in [0.717, 1.165) is 25.9 Å². The Morgan fingerprint density at radius 1 is 1.36 bits per heavy atom. The Hall–Kier alpha value is -2.21. The van der Waals surface area contributed by atoms with E-state index in [-0.39, 0.29) is 30.2 Å². The van der Waals surface area contributed by atoms with Gasteiger partial charge in [0, 0.05) is 25.2 Å². The Kier molecular flexibility index (Phi) is 5.66. The minimum absolute atomic E-state index is 0.0915. The number of piperidine rings is 1. The van der Waals surface area contributed by atoms with Crippen LogP contribution in [0.1, 0.15) is 18.4 Å². The van der Waals surface area contributed by atoms with Gasteiger partial charge >= 0.3 is 0 Å². The molecule has 0 saturated carbocycles. The molecule has 0 atom stereocenters. The lowest BCUT2D eigenvalue weighted by atomic mass is 10.0. The molecule has 1 aromatic rings. The summed E-state index contributed by atoms with van der Waals surface area (Å²) in [6.45, 7) is 1.74. The van der Waals surface area contributed by atoms with Gasteiger partial charge in [-0.25, -0.2) is 4.39 Å². The van der Waals surface area contributed by atoms with Crippen molar-refractivity contribution in [3.8, 4) is 0 Å². The van der Waals surface area contributed by atoms with E-state index in [0.29, 0.717) is 5.56 Å². The van der Waals surface area contributed by atoms with Gasteiger partial charge < -0.3 is 11.1 Å². The number of carbonyl (C=O) groups is 2. The molecule has 3 N–H and O–H groups in total. The van der Waals surface area contributed by atoms with Crippen LogP contribution in [-0.2, 0) is 9.59 Å². The predicted octanol–water partition coefficient (Wildman–Crippen LogP) is 0.905. The molecule has 0 unspecified atom stereocenters. The highest BCUT2D eigenvalue weighted by molar-refractivity contribution is 5.91. The molecule has 5 nitrogen and oxygen atoms in total. The molecule has 0 radical (unpaired) electrons. The molecule has 0 aliphatic carbocycles. The summed E-state index contributed by atoms with van der Waals surface area (Å²) in [6.07, 6.45) is 4.56. The number of rotatable bonds is 5. The molecule has 1 aliphatic rings. The van der Waals surface area contributed by atoms with Crippen molar-refractivity contribution in [3.05, 3.63) is 41.7 Å². The fourth-order valence-corrected chi connectivity index (χ4v) is 2.49. The normalized spacial score (nSPS) is 16.8. The summed E-state index contributed by atoms with van der Waals surface area (Å²) in [5.74, 6) is -0.859. The van der Waals surface area contributed by atoms with Crippen LogP contribution in [0.4, 0.5) is 4.39 Å². The quantitative estimate of drug-likeness (QED) is 0.794. The number of nitrogens with one attached hydrogen (secondary N) is 1. The third-order valence-electron chi connectivity index (χ3n) is 3.59. The average molecular weight is 305 g/mol. The number of hydrogen-bond acceptors (Lipinski definition) is 3. The summed E-state index contributed by atoms with van der Waals surface area (Å²) >= 11 is 0. The van der Waals surface area contributed by atoms with E-state index in [2.05, 4.69) is 5.32 Å². The summed E-state index contributed by atoms with van der Waals surface area (Å²) in [6, 6.07) is 6.15. The van der Waals surface area contributed by atoms with Crippen LogP contribution in [0.15, 0.2) is 30.3 Å². The van der Waals surface area contributed by atoms with Gasteiger partial charge in [-0.3, -0.25) is 14.5 Å². The van der Waals surface area contributed by atoms with Gasteiger partial charge in [-0.05, 0) is 36.6 Å². The lowest BCUT2D eigenvalue weighted by molar-refractivity contribution is -0.120. The van der Waals surface area contributed by atoms with Crippen molar-refractivity contribution in [1.29, 1.82) is 0 Å². The van der Waals surface area contributed by atoms with Gasteiger partial charge in [0.2, 0.25) is 11.8 Å². The van der Waals surface area contributed by atoms with Gasteiger partial charge in [0.25, 0.3) is 0 Å². The standard InChI is InChI=1S/C16H20FN3O2/c17-13-3-1-2-12(10-13)4-5-16(22)19-14-6-8-20(9-7-14)11-15(18)21/h1-5,10,14H,6-9,11H2,(H2,18,21)(H,19,22). The number of carbonyl (C=O) groups excluding carboxylic acids is 2. The number of likely N-dealkylation sites (tertiary alicyclic amines) is 1. The number of benzene rings is 1. The maximum absolute atomic E-state index is 13.0. The zero-order valence-electron chi connectivity index (χ0n) is 12.3. The maximum atomic E-state index is 13.0. The van der Waals surface area contributed by atoms with Crippen molar-refractivity contribution in [1.82, 2.24) is 10.2 Å². The Balaban J connectivity index is 1.77. The molecule has 2 rings (SSSR count). The van der Waals surface area contributed by atoms with Crippen LogP contribution in [0.25, 0.3) is 6.08 Å². The van der Waals surface area contributed by atoms with Crippen LogP contribution >= 0.6 is 0 Å². The zero-order valence-corrected chi connectivity index (χ0v) is 12.3. The van der Waals surface area contributed by atoms with E-state index >= 15 is 0 Å². The minimum Gasteiger partial charge on any atom is -0.369 e. The highest BCUT2D eigenvalue weighted by atomic mass is 19.1. The lowest BCUT2D eigenvalue weighted by Crippen LogP contribution is -2.46. The fraction of sp³-hybridized carbons (Fsp3) is 0.375. The zero-order chi connectivity index (χ0) is 15.9. The molecule has 0 aromatic heterocycles. The Bertz CT molecular complexity index is 566. The number of primary amides is 1. The second-order valence-corrected chi connectivity index (χ2v) is 5.41. The molecule has 0 bridgehead atoms. The Morgan fingerprint density at radius 2 is 2.09 bits per heavy atom. The highest BCUT2D eigenvalue weighted by Gasteiger charge is 2.20. The van der Waals surface area contributed by atoms with E-state index in [9.17, 15) is 14.0 Å². The molecule has 0 spiro atoms. The van der Waals surface area contributed by atoms with Gasteiger partial charge in [-0.2, -0.15) is 0 Å². The largest absolute Gasteiger partial charge is 0.369 e. The number of hydrogen-bond donors (Lipinski definition) is 2. The van der Waals surface area contributed by atoms with Gasteiger partial charge in [-0.1, -0.05) is 12.1 Å². The molecule has 1 fully saturated rings. The summed E-state index contributed by atoms with van der Waals surface area (Å²) < 4.78 is 13.0. The summed E-state index contributed by atoms with van der Waals surface area (Å²) in [5.41, 5.74) is 5.80. The Morgan fingerprint density at radius 3 is 2.73 bits per heavy atom. The molecule has 1 aromatic carbocycles. The smallest absolute Gasteiger partial charge is 0.244 e. The average Bonchev–Trinajstić information content (AvgIpc) is 2.47. The first-order valence-electron chi connectivity index (χ1n) is 7.28. The van der Waals surface area contributed by atoms with Crippen molar-refractivity contribution in [2.75, 3.05) is 19.6 Å². The molecule has 1 aliphatic heterocycles. The van der Waals surface area contributed by atoms with Crippen LogP contribution in [0, 0.1) is 5.82 Å². The van der Waals surface area contributed by atoms with Gasteiger partial charge in [0.05, 0.1) is 6.54 Å². The molecule has 118 valence electrons. The molecule has 2 amide bonds.